The van der Waals surface area contributed by atoms with Crippen molar-refractivity contribution in [2.75, 3.05) is 45.5 Å². The van der Waals surface area contributed by atoms with E-state index in [9.17, 15) is 13.2 Å². The topological polar surface area (TPSA) is 32.5 Å². The molecule has 1 aliphatic heterocycles. The maximum absolute atomic E-state index is 13.0. The van der Waals surface area contributed by atoms with Crippen molar-refractivity contribution in [1.29, 1.82) is 0 Å². The van der Waals surface area contributed by atoms with Crippen LogP contribution in [0.3, 0.4) is 0 Å². The molecule has 29 heavy (non-hydrogen) atoms. The van der Waals surface area contributed by atoms with E-state index in [-0.39, 0.29) is 5.69 Å². The van der Waals surface area contributed by atoms with E-state index < -0.39 is 11.7 Å². The average Bonchev–Trinajstić information content (AvgIpc) is 3.13. The standard InChI is InChI=1S/C23H36F3N3/c1-28(15-8-19-6-7-21(27)20(18-19)23(24,25)26)13-4-5-14-29-16-11-22(12-17-29)9-2-3-10-22/h6-7,18H,2-5,8-17,27H2,1H3. The molecule has 1 saturated carbocycles. The highest BCUT2D eigenvalue weighted by Gasteiger charge is 2.36. The zero-order chi connectivity index (χ0) is 20.9. The molecule has 2 N–H and O–H groups in total. The zero-order valence-electron chi connectivity index (χ0n) is 17.7. The molecule has 0 radical (unpaired) electrons. The first-order chi connectivity index (χ1) is 13.8. The Morgan fingerprint density at radius 3 is 2.38 bits per heavy atom. The second-order valence-corrected chi connectivity index (χ2v) is 9.23. The third-order valence-corrected chi connectivity index (χ3v) is 7.05. The summed E-state index contributed by atoms with van der Waals surface area (Å²) in [6.07, 6.45) is 7.06. The quantitative estimate of drug-likeness (QED) is 0.471. The van der Waals surface area contributed by atoms with Crippen molar-refractivity contribution in [3.63, 3.8) is 0 Å². The fraction of sp³-hybridized carbons (Fsp3) is 0.739. The van der Waals surface area contributed by atoms with E-state index in [1.807, 2.05) is 7.05 Å². The van der Waals surface area contributed by atoms with Crippen molar-refractivity contribution in [3.05, 3.63) is 29.3 Å². The highest BCUT2D eigenvalue weighted by Crippen LogP contribution is 2.46. The Morgan fingerprint density at radius 2 is 1.72 bits per heavy atom. The number of alkyl halides is 3. The number of benzene rings is 1. The van der Waals surface area contributed by atoms with Gasteiger partial charge in [-0.25, -0.2) is 0 Å². The van der Waals surface area contributed by atoms with Gasteiger partial charge in [-0.05, 0) is 101 Å². The largest absolute Gasteiger partial charge is 0.418 e. The van der Waals surface area contributed by atoms with E-state index in [1.54, 1.807) is 6.07 Å². The number of hydrogen-bond donors (Lipinski definition) is 1. The van der Waals surface area contributed by atoms with Crippen LogP contribution in [-0.4, -0.2) is 49.6 Å². The Balaban J connectivity index is 1.31. The Kier molecular flexibility index (Phi) is 7.49. The van der Waals surface area contributed by atoms with Crippen molar-refractivity contribution >= 4 is 5.69 Å². The van der Waals surface area contributed by atoms with Crippen molar-refractivity contribution in [2.45, 2.75) is 64.0 Å². The van der Waals surface area contributed by atoms with Crippen LogP contribution in [0.4, 0.5) is 18.9 Å². The van der Waals surface area contributed by atoms with Gasteiger partial charge < -0.3 is 15.5 Å². The number of likely N-dealkylation sites (N-methyl/N-ethyl adjacent to an activating group) is 1. The summed E-state index contributed by atoms with van der Waals surface area (Å²) in [6, 6.07) is 4.26. The molecular weight excluding hydrogens is 375 g/mol. The highest BCUT2D eigenvalue weighted by atomic mass is 19.4. The molecule has 0 amide bonds. The molecule has 1 aromatic rings. The molecule has 1 saturated heterocycles. The molecule has 2 fully saturated rings. The van der Waals surface area contributed by atoms with Gasteiger partial charge in [0.25, 0.3) is 0 Å². The SMILES string of the molecule is CN(CCCCN1CCC2(CCCC2)CC1)CCc1ccc(N)c(C(F)(F)F)c1. The Hall–Kier alpha value is -1.27. The second kappa shape index (κ2) is 9.69. The predicted molar refractivity (Wildman–Crippen MR) is 113 cm³/mol. The number of nitrogens with two attached hydrogens (primary N) is 1. The molecule has 1 spiro atoms. The summed E-state index contributed by atoms with van der Waals surface area (Å²) in [5, 5.41) is 0. The molecule has 0 bridgehead atoms. The van der Waals surface area contributed by atoms with Gasteiger partial charge in [0.1, 0.15) is 0 Å². The monoisotopic (exact) mass is 411 g/mol. The van der Waals surface area contributed by atoms with Gasteiger partial charge in [-0.3, -0.25) is 0 Å². The summed E-state index contributed by atoms with van der Waals surface area (Å²) in [4.78, 5) is 4.84. The predicted octanol–water partition coefficient (Wildman–Crippen LogP) is 5.20. The van der Waals surface area contributed by atoms with Crippen molar-refractivity contribution in [3.8, 4) is 0 Å². The molecule has 1 heterocycles. The van der Waals surface area contributed by atoms with Gasteiger partial charge in [-0.2, -0.15) is 13.2 Å². The minimum atomic E-state index is -4.39. The zero-order valence-corrected chi connectivity index (χ0v) is 17.7. The first kappa shape index (κ1) is 22.4. The normalized spacial score (nSPS) is 20.0. The maximum atomic E-state index is 13.0. The molecule has 0 atom stereocenters. The fourth-order valence-electron chi connectivity index (χ4n) is 5.03. The highest BCUT2D eigenvalue weighted by molar-refractivity contribution is 5.50. The van der Waals surface area contributed by atoms with Crippen LogP contribution < -0.4 is 5.73 Å². The van der Waals surface area contributed by atoms with Crippen LogP contribution in [-0.2, 0) is 12.6 Å². The van der Waals surface area contributed by atoms with Gasteiger partial charge in [0.05, 0.1) is 5.56 Å². The number of unbranched alkanes of at least 4 members (excludes halogenated alkanes) is 1. The lowest BCUT2D eigenvalue weighted by molar-refractivity contribution is -0.136. The summed E-state index contributed by atoms with van der Waals surface area (Å²) < 4.78 is 38.9. The molecule has 6 heteroatoms. The molecule has 164 valence electrons. The van der Waals surface area contributed by atoms with Gasteiger partial charge in [-0.1, -0.05) is 18.9 Å². The Bertz CT molecular complexity index is 643. The van der Waals surface area contributed by atoms with Crippen molar-refractivity contribution in [1.82, 2.24) is 9.80 Å². The first-order valence-corrected chi connectivity index (χ1v) is 11.1. The second-order valence-electron chi connectivity index (χ2n) is 9.23. The van der Waals surface area contributed by atoms with Crippen LogP contribution in [0.25, 0.3) is 0 Å². The summed E-state index contributed by atoms with van der Waals surface area (Å²) in [5.74, 6) is 0. The average molecular weight is 412 g/mol. The summed E-state index contributed by atoms with van der Waals surface area (Å²) in [5.41, 5.74) is 5.92. The van der Waals surface area contributed by atoms with Crippen LogP contribution >= 0.6 is 0 Å². The minimum absolute atomic E-state index is 0.203. The van der Waals surface area contributed by atoms with Crippen LogP contribution in [0.1, 0.15) is 62.5 Å². The minimum Gasteiger partial charge on any atom is -0.398 e. The van der Waals surface area contributed by atoms with Crippen LogP contribution in [0, 0.1) is 5.41 Å². The number of halogens is 3. The number of rotatable bonds is 8. The summed E-state index contributed by atoms with van der Waals surface area (Å²) in [7, 11) is 2.05. The number of piperidine rings is 1. The molecule has 1 aromatic carbocycles. The Morgan fingerprint density at radius 1 is 1.03 bits per heavy atom. The number of hydrogen-bond acceptors (Lipinski definition) is 3. The molecule has 2 aliphatic rings. The van der Waals surface area contributed by atoms with Gasteiger partial charge in [0.2, 0.25) is 0 Å². The fourth-order valence-corrected chi connectivity index (χ4v) is 5.03. The lowest BCUT2D eigenvalue weighted by atomic mass is 9.77. The van der Waals surface area contributed by atoms with Crippen LogP contribution in [0.5, 0.6) is 0 Å². The number of nitrogen functional groups attached to an aromatic ring is 1. The van der Waals surface area contributed by atoms with E-state index in [1.165, 1.54) is 76.7 Å². The third kappa shape index (κ3) is 6.35. The number of nitrogens with zero attached hydrogens (tertiary/aromatic N) is 2. The molecule has 3 nitrogen and oxygen atoms in total. The smallest absolute Gasteiger partial charge is 0.398 e. The van der Waals surface area contributed by atoms with E-state index in [0.29, 0.717) is 17.4 Å². The summed E-state index contributed by atoms with van der Waals surface area (Å²) in [6.45, 7) is 5.44. The number of anilines is 1. The van der Waals surface area contributed by atoms with Crippen LogP contribution in [0.15, 0.2) is 18.2 Å². The van der Waals surface area contributed by atoms with Crippen molar-refractivity contribution < 1.29 is 13.2 Å². The lowest BCUT2D eigenvalue weighted by Crippen LogP contribution is -2.39. The molecule has 0 unspecified atom stereocenters. The Labute approximate surface area is 173 Å². The lowest BCUT2D eigenvalue weighted by Gasteiger charge is -2.39. The van der Waals surface area contributed by atoms with E-state index >= 15 is 0 Å². The van der Waals surface area contributed by atoms with Crippen LogP contribution in [0.2, 0.25) is 0 Å². The molecule has 0 aromatic heterocycles. The number of likely N-dealkylation sites (tertiary alicyclic amines) is 1. The van der Waals surface area contributed by atoms with Crippen molar-refractivity contribution in [2.24, 2.45) is 5.41 Å². The third-order valence-electron chi connectivity index (χ3n) is 7.05. The maximum Gasteiger partial charge on any atom is 0.418 e. The first-order valence-electron chi connectivity index (χ1n) is 11.1. The van der Waals surface area contributed by atoms with Gasteiger partial charge in [0.15, 0.2) is 0 Å². The molecule has 3 rings (SSSR count). The van der Waals surface area contributed by atoms with Gasteiger partial charge >= 0.3 is 6.18 Å². The van der Waals surface area contributed by atoms with E-state index in [4.69, 9.17) is 5.73 Å². The molecule has 1 aliphatic carbocycles. The van der Waals surface area contributed by atoms with E-state index in [2.05, 4.69) is 9.80 Å². The van der Waals surface area contributed by atoms with Gasteiger partial charge in [-0.15, -0.1) is 0 Å². The van der Waals surface area contributed by atoms with Gasteiger partial charge in [0, 0.05) is 12.2 Å². The summed E-state index contributed by atoms with van der Waals surface area (Å²) >= 11 is 0. The molecular formula is C23H36F3N3. The van der Waals surface area contributed by atoms with E-state index in [0.717, 1.165) is 19.5 Å².